The average Bonchev–Trinajstić information content (AvgIpc) is 2.92. The summed E-state index contributed by atoms with van der Waals surface area (Å²) in [5.74, 6) is -0.0445. The van der Waals surface area contributed by atoms with Crippen LogP contribution in [0.4, 0.5) is 0 Å². The molecule has 0 aliphatic heterocycles. The fourth-order valence-electron chi connectivity index (χ4n) is 2.69. The zero-order valence-corrected chi connectivity index (χ0v) is 14.9. The second kappa shape index (κ2) is 6.97. The monoisotopic (exact) mass is 362 g/mol. The summed E-state index contributed by atoms with van der Waals surface area (Å²) >= 11 is 5.81. The van der Waals surface area contributed by atoms with Crippen molar-refractivity contribution in [3.05, 3.63) is 70.4 Å². The predicted molar refractivity (Wildman–Crippen MR) is 98.8 cm³/mol. The zero-order chi connectivity index (χ0) is 17.2. The highest BCUT2D eigenvalue weighted by molar-refractivity contribution is 7.88. The van der Waals surface area contributed by atoms with Crippen molar-refractivity contribution in [1.82, 2.24) is 9.71 Å². The van der Waals surface area contributed by atoms with E-state index in [4.69, 9.17) is 11.6 Å². The highest BCUT2D eigenvalue weighted by Gasteiger charge is 2.12. The number of aromatic amines is 1. The fraction of sp³-hybridized carbons (Fsp3) is 0.222. The molecule has 1 aromatic heterocycles. The third-order valence-corrected chi connectivity index (χ3v) is 5.52. The Bertz CT molecular complexity index is 947. The van der Waals surface area contributed by atoms with Crippen LogP contribution < -0.4 is 4.72 Å². The van der Waals surface area contributed by atoms with Crippen LogP contribution in [0.15, 0.2) is 48.7 Å². The van der Waals surface area contributed by atoms with E-state index in [9.17, 15) is 8.42 Å². The lowest BCUT2D eigenvalue weighted by atomic mass is 10.1. The van der Waals surface area contributed by atoms with Gasteiger partial charge in [0, 0.05) is 28.7 Å². The van der Waals surface area contributed by atoms with Crippen molar-refractivity contribution < 1.29 is 8.42 Å². The van der Waals surface area contributed by atoms with Crippen molar-refractivity contribution in [3.63, 3.8) is 0 Å². The molecule has 126 valence electrons. The predicted octanol–water partition coefficient (Wildman–Crippen LogP) is 3.79. The van der Waals surface area contributed by atoms with Gasteiger partial charge in [0.1, 0.15) is 0 Å². The Labute approximate surface area is 146 Å². The van der Waals surface area contributed by atoms with Gasteiger partial charge in [-0.15, -0.1) is 0 Å². The fourth-order valence-corrected chi connectivity index (χ4v) is 3.96. The lowest BCUT2D eigenvalue weighted by Crippen LogP contribution is -2.27. The van der Waals surface area contributed by atoms with Crippen LogP contribution in [-0.2, 0) is 22.2 Å². The van der Waals surface area contributed by atoms with Gasteiger partial charge < -0.3 is 4.98 Å². The lowest BCUT2D eigenvalue weighted by molar-refractivity contribution is 0.581. The van der Waals surface area contributed by atoms with E-state index in [1.165, 1.54) is 5.56 Å². The number of benzene rings is 2. The molecule has 0 fully saturated rings. The number of fused-ring (bicyclic) bond motifs is 1. The van der Waals surface area contributed by atoms with Crippen molar-refractivity contribution >= 4 is 32.5 Å². The van der Waals surface area contributed by atoms with Crippen LogP contribution in [0.25, 0.3) is 10.9 Å². The molecule has 0 spiro atoms. The second-order valence-corrected chi connectivity index (χ2v) is 8.14. The van der Waals surface area contributed by atoms with Gasteiger partial charge in [-0.3, -0.25) is 0 Å². The first-order valence-corrected chi connectivity index (χ1v) is 9.74. The van der Waals surface area contributed by atoms with Crippen LogP contribution in [0.2, 0.25) is 5.02 Å². The Morgan fingerprint density at radius 2 is 1.88 bits per heavy atom. The van der Waals surface area contributed by atoms with E-state index >= 15 is 0 Å². The van der Waals surface area contributed by atoms with Crippen molar-refractivity contribution in [2.45, 2.75) is 19.1 Å². The van der Waals surface area contributed by atoms with E-state index in [0.29, 0.717) is 18.0 Å². The highest BCUT2D eigenvalue weighted by Crippen LogP contribution is 2.20. The van der Waals surface area contributed by atoms with E-state index in [2.05, 4.69) is 21.8 Å². The minimum atomic E-state index is -3.37. The molecule has 3 aromatic rings. The summed E-state index contributed by atoms with van der Waals surface area (Å²) in [4.78, 5) is 3.22. The lowest BCUT2D eigenvalue weighted by Gasteiger charge is -2.07. The minimum absolute atomic E-state index is 0.0445. The third-order valence-electron chi connectivity index (χ3n) is 3.91. The number of nitrogens with one attached hydrogen (secondary N) is 2. The minimum Gasteiger partial charge on any atom is -0.361 e. The summed E-state index contributed by atoms with van der Waals surface area (Å²) in [6.45, 7) is 2.42. The van der Waals surface area contributed by atoms with E-state index in [-0.39, 0.29) is 5.75 Å². The number of halogens is 1. The molecular weight excluding hydrogens is 344 g/mol. The van der Waals surface area contributed by atoms with Crippen LogP contribution in [0.5, 0.6) is 0 Å². The number of hydrogen-bond donors (Lipinski definition) is 2. The molecule has 0 radical (unpaired) electrons. The summed E-state index contributed by atoms with van der Waals surface area (Å²) in [5, 5.41) is 1.74. The molecule has 0 saturated carbocycles. The quantitative estimate of drug-likeness (QED) is 0.700. The first-order valence-electron chi connectivity index (χ1n) is 7.71. The molecular formula is C18H19ClN2O2S. The van der Waals surface area contributed by atoms with Crippen LogP contribution in [0.1, 0.15) is 16.7 Å². The van der Waals surface area contributed by atoms with Crippen molar-refractivity contribution in [1.29, 1.82) is 0 Å². The first-order chi connectivity index (χ1) is 11.4. The number of hydrogen-bond acceptors (Lipinski definition) is 2. The van der Waals surface area contributed by atoms with Crippen LogP contribution >= 0.6 is 11.6 Å². The summed E-state index contributed by atoms with van der Waals surface area (Å²) in [6.07, 6.45) is 2.58. The van der Waals surface area contributed by atoms with Crippen LogP contribution in [0.3, 0.4) is 0 Å². The topological polar surface area (TPSA) is 62.0 Å². The van der Waals surface area contributed by atoms with Gasteiger partial charge in [0.25, 0.3) is 0 Å². The summed E-state index contributed by atoms with van der Waals surface area (Å²) in [5.41, 5.74) is 4.09. The highest BCUT2D eigenvalue weighted by atomic mass is 35.5. The summed E-state index contributed by atoms with van der Waals surface area (Å²) in [6, 6.07) is 13.1. The van der Waals surface area contributed by atoms with Gasteiger partial charge in [-0.1, -0.05) is 35.4 Å². The Hall–Kier alpha value is -1.82. The standard InChI is InChI=1S/C18H19ClN2O2S/c1-13-2-7-18-17(10-13)15(11-20-18)8-9-21-24(22,23)12-14-3-5-16(19)6-4-14/h2-7,10-11,20-21H,8-9,12H2,1H3. The molecule has 0 saturated heterocycles. The van der Waals surface area contributed by atoms with E-state index < -0.39 is 10.0 Å². The Morgan fingerprint density at radius 1 is 1.12 bits per heavy atom. The third kappa shape index (κ3) is 4.17. The van der Waals surface area contributed by atoms with Crippen molar-refractivity contribution in [2.75, 3.05) is 6.54 Å². The molecule has 0 bridgehead atoms. The van der Waals surface area contributed by atoms with E-state index in [1.54, 1.807) is 24.3 Å². The molecule has 3 rings (SSSR count). The number of sulfonamides is 1. The SMILES string of the molecule is Cc1ccc2[nH]cc(CCNS(=O)(=O)Cc3ccc(Cl)cc3)c2c1. The van der Waals surface area contributed by atoms with Crippen LogP contribution in [0, 0.1) is 6.92 Å². The largest absolute Gasteiger partial charge is 0.361 e. The molecule has 2 N–H and O–H groups in total. The number of rotatable bonds is 6. The molecule has 0 amide bonds. The molecule has 0 aliphatic carbocycles. The molecule has 0 unspecified atom stereocenters. The zero-order valence-electron chi connectivity index (χ0n) is 13.3. The number of aromatic nitrogens is 1. The Kier molecular flexibility index (Phi) is 4.94. The Morgan fingerprint density at radius 3 is 2.62 bits per heavy atom. The molecule has 24 heavy (non-hydrogen) atoms. The van der Waals surface area contributed by atoms with Gasteiger partial charge in [-0.25, -0.2) is 13.1 Å². The maximum atomic E-state index is 12.2. The molecule has 0 atom stereocenters. The van der Waals surface area contributed by atoms with Crippen molar-refractivity contribution in [2.24, 2.45) is 0 Å². The second-order valence-electron chi connectivity index (χ2n) is 5.89. The molecule has 2 aromatic carbocycles. The molecule has 6 heteroatoms. The smallest absolute Gasteiger partial charge is 0.215 e. The van der Waals surface area contributed by atoms with Crippen molar-refractivity contribution in [3.8, 4) is 0 Å². The summed E-state index contributed by atoms with van der Waals surface area (Å²) in [7, 11) is -3.37. The van der Waals surface area contributed by atoms with Gasteiger partial charge in [0.15, 0.2) is 0 Å². The van der Waals surface area contributed by atoms with Gasteiger partial charge in [-0.2, -0.15) is 0 Å². The Balaban J connectivity index is 1.62. The maximum absolute atomic E-state index is 12.2. The molecule has 0 aliphatic rings. The molecule has 4 nitrogen and oxygen atoms in total. The molecule has 1 heterocycles. The van der Waals surface area contributed by atoms with E-state index in [1.807, 2.05) is 19.2 Å². The van der Waals surface area contributed by atoms with Gasteiger partial charge >= 0.3 is 0 Å². The number of H-pyrrole nitrogens is 1. The summed E-state index contributed by atoms with van der Waals surface area (Å²) < 4.78 is 27.0. The van der Waals surface area contributed by atoms with Gasteiger partial charge in [0.2, 0.25) is 10.0 Å². The van der Waals surface area contributed by atoms with E-state index in [0.717, 1.165) is 22.0 Å². The van der Waals surface area contributed by atoms with Crippen LogP contribution in [-0.4, -0.2) is 19.9 Å². The average molecular weight is 363 g/mol. The maximum Gasteiger partial charge on any atom is 0.215 e. The van der Waals surface area contributed by atoms with Gasteiger partial charge in [-0.05, 0) is 48.7 Å². The first kappa shape index (κ1) is 17.0. The number of aryl methyl sites for hydroxylation is 1. The normalized spacial score (nSPS) is 11.9. The van der Waals surface area contributed by atoms with Gasteiger partial charge in [0.05, 0.1) is 5.75 Å².